The summed E-state index contributed by atoms with van der Waals surface area (Å²) in [5, 5.41) is 3.64. The predicted octanol–water partition coefficient (Wildman–Crippen LogP) is 1.44. The molecular weight excluding hydrogens is 186 g/mol. The first-order valence-electron chi connectivity index (χ1n) is 5.60. The van der Waals surface area contributed by atoms with Gasteiger partial charge in [0.05, 0.1) is 0 Å². The average Bonchev–Trinajstić information content (AvgIpc) is 2.65. The first kappa shape index (κ1) is 10.6. The van der Waals surface area contributed by atoms with Crippen molar-refractivity contribution in [3.05, 3.63) is 30.1 Å². The second-order valence-corrected chi connectivity index (χ2v) is 4.42. The van der Waals surface area contributed by atoms with Gasteiger partial charge < -0.3 is 10.2 Å². The molecule has 3 heteroatoms. The Morgan fingerprint density at radius 1 is 1.60 bits per heavy atom. The van der Waals surface area contributed by atoms with Crippen molar-refractivity contribution >= 4 is 0 Å². The molecule has 1 aromatic rings. The lowest BCUT2D eigenvalue weighted by molar-refractivity contribution is 0.387. The van der Waals surface area contributed by atoms with Crippen molar-refractivity contribution in [1.82, 2.24) is 15.2 Å². The lowest BCUT2D eigenvalue weighted by Crippen LogP contribution is -2.33. The third-order valence-electron chi connectivity index (χ3n) is 3.06. The van der Waals surface area contributed by atoms with E-state index in [0.717, 1.165) is 6.54 Å². The zero-order valence-electron chi connectivity index (χ0n) is 9.48. The molecule has 1 aromatic heterocycles. The first-order chi connectivity index (χ1) is 7.25. The minimum atomic E-state index is 0.398. The third kappa shape index (κ3) is 2.76. The van der Waals surface area contributed by atoms with Crippen molar-refractivity contribution in [3.8, 4) is 0 Å². The van der Waals surface area contributed by atoms with Crippen LogP contribution in [0.25, 0.3) is 0 Å². The molecule has 2 atom stereocenters. The lowest BCUT2D eigenvalue weighted by atomic mass is 10.1. The summed E-state index contributed by atoms with van der Waals surface area (Å²) in [6.45, 7) is 4.57. The van der Waals surface area contributed by atoms with Crippen LogP contribution in [-0.4, -0.2) is 36.1 Å². The highest BCUT2D eigenvalue weighted by molar-refractivity contribution is 5.13. The van der Waals surface area contributed by atoms with Gasteiger partial charge in [-0.05, 0) is 38.6 Å². The van der Waals surface area contributed by atoms with E-state index in [4.69, 9.17) is 0 Å². The third-order valence-corrected chi connectivity index (χ3v) is 3.06. The zero-order valence-corrected chi connectivity index (χ0v) is 9.48. The first-order valence-corrected chi connectivity index (χ1v) is 5.60. The SMILES string of the molecule is C[C@H](N[C@@H]1CCN(C)C1)c1cccnc1. The number of aromatic nitrogens is 1. The molecule has 3 nitrogen and oxygen atoms in total. The van der Waals surface area contributed by atoms with Gasteiger partial charge in [0.1, 0.15) is 0 Å². The molecule has 0 saturated carbocycles. The van der Waals surface area contributed by atoms with E-state index in [-0.39, 0.29) is 0 Å². The Labute approximate surface area is 91.5 Å². The Morgan fingerprint density at radius 3 is 3.07 bits per heavy atom. The summed E-state index contributed by atoms with van der Waals surface area (Å²) in [5.74, 6) is 0. The number of likely N-dealkylation sites (tertiary alicyclic amines) is 1. The fraction of sp³-hybridized carbons (Fsp3) is 0.583. The minimum absolute atomic E-state index is 0.398. The standard InChI is InChI=1S/C12H19N3/c1-10(11-4-3-6-13-8-11)14-12-5-7-15(2)9-12/h3-4,6,8,10,12,14H,5,7,9H2,1-2H3/t10-,12+/m0/s1. The van der Waals surface area contributed by atoms with Gasteiger partial charge in [0.25, 0.3) is 0 Å². The molecule has 1 saturated heterocycles. The summed E-state index contributed by atoms with van der Waals surface area (Å²) in [6, 6.07) is 5.15. The van der Waals surface area contributed by atoms with Crippen LogP contribution in [0, 0.1) is 0 Å². The van der Waals surface area contributed by atoms with Gasteiger partial charge >= 0.3 is 0 Å². The van der Waals surface area contributed by atoms with Crippen molar-refractivity contribution in [1.29, 1.82) is 0 Å². The smallest absolute Gasteiger partial charge is 0.0315 e. The summed E-state index contributed by atoms with van der Waals surface area (Å²) in [5.41, 5.74) is 1.27. The second kappa shape index (κ2) is 4.73. The van der Waals surface area contributed by atoms with Crippen molar-refractivity contribution in [2.45, 2.75) is 25.4 Å². The number of likely N-dealkylation sites (N-methyl/N-ethyl adjacent to an activating group) is 1. The fourth-order valence-corrected chi connectivity index (χ4v) is 2.15. The molecule has 1 N–H and O–H groups in total. The van der Waals surface area contributed by atoms with Gasteiger partial charge in [-0.2, -0.15) is 0 Å². The monoisotopic (exact) mass is 205 g/mol. The molecule has 82 valence electrons. The number of hydrogen-bond acceptors (Lipinski definition) is 3. The van der Waals surface area contributed by atoms with E-state index in [1.807, 2.05) is 18.5 Å². The van der Waals surface area contributed by atoms with E-state index in [0.29, 0.717) is 12.1 Å². The fourth-order valence-electron chi connectivity index (χ4n) is 2.15. The lowest BCUT2D eigenvalue weighted by Gasteiger charge is -2.19. The Bertz CT molecular complexity index is 299. The molecule has 2 heterocycles. The Kier molecular flexibility index (Phi) is 3.34. The van der Waals surface area contributed by atoms with E-state index in [2.05, 4.69) is 35.2 Å². The predicted molar refractivity (Wildman–Crippen MR) is 61.7 cm³/mol. The minimum Gasteiger partial charge on any atom is -0.306 e. The maximum atomic E-state index is 4.14. The molecule has 1 aliphatic rings. The van der Waals surface area contributed by atoms with Gasteiger partial charge in [0.15, 0.2) is 0 Å². The van der Waals surface area contributed by atoms with Crippen molar-refractivity contribution in [2.75, 3.05) is 20.1 Å². The van der Waals surface area contributed by atoms with Gasteiger partial charge in [0.2, 0.25) is 0 Å². The van der Waals surface area contributed by atoms with Crippen molar-refractivity contribution in [3.63, 3.8) is 0 Å². The van der Waals surface area contributed by atoms with Crippen LogP contribution in [0.15, 0.2) is 24.5 Å². The van der Waals surface area contributed by atoms with Gasteiger partial charge in [-0.3, -0.25) is 4.98 Å². The van der Waals surface area contributed by atoms with Crippen LogP contribution in [0.3, 0.4) is 0 Å². The van der Waals surface area contributed by atoms with Gasteiger partial charge in [-0.1, -0.05) is 6.07 Å². The Morgan fingerprint density at radius 2 is 2.47 bits per heavy atom. The van der Waals surface area contributed by atoms with Crippen LogP contribution < -0.4 is 5.32 Å². The summed E-state index contributed by atoms with van der Waals surface area (Å²) in [7, 11) is 2.18. The van der Waals surface area contributed by atoms with E-state index >= 15 is 0 Å². The quantitative estimate of drug-likeness (QED) is 0.809. The van der Waals surface area contributed by atoms with Crippen LogP contribution in [0.1, 0.15) is 24.9 Å². The molecule has 0 aliphatic carbocycles. The van der Waals surface area contributed by atoms with E-state index in [9.17, 15) is 0 Å². The van der Waals surface area contributed by atoms with Gasteiger partial charge in [0, 0.05) is 31.0 Å². The average molecular weight is 205 g/mol. The van der Waals surface area contributed by atoms with Crippen LogP contribution in [0.4, 0.5) is 0 Å². The van der Waals surface area contributed by atoms with Gasteiger partial charge in [-0.25, -0.2) is 0 Å². The maximum Gasteiger partial charge on any atom is 0.0315 e. The molecule has 15 heavy (non-hydrogen) atoms. The van der Waals surface area contributed by atoms with Crippen molar-refractivity contribution < 1.29 is 0 Å². The summed E-state index contributed by atoms with van der Waals surface area (Å²) in [6.07, 6.45) is 5.01. The number of pyridine rings is 1. The number of hydrogen-bond donors (Lipinski definition) is 1. The highest BCUT2D eigenvalue weighted by atomic mass is 15.2. The molecule has 2 rings (SSSR count). The maximum absolute atomic E-state index is 4.14. The molecular formula is C12H19N3. The largest absolute Gasteiger partial charge is 0.306 e. The summed E-state index contributed by atoms with van der Waals surface area (Å²) in [4.78, 5) is 6.51. The van der Waals surface area contributed by atoms with E-state index in [1.165, 1.54) is 18.5 Å². The molecule has 0 radical (unpaired) electrons. The van der Waals surface area contributed by atoms with Crippen LogP contribution in [0.2, 0.25) is 0 Å². The molecule has 0 bridgehead atoms. The molecule has 0 spiro atoms. The highest BCUT2D eigenvalue weighted by Gasteiger charge is 2.20. The topological polar surface area (TPSA) is 28.2 Å². The van der Waals surface area contributed by atoms with Gasteiger partial charge in [-0.15, -0.1) is 0 Å². The number of nitrogens with one attached hydrogen (secondary N) is 1. The van der Waals surface area contributed by atoms with E-state index in [1.54, 1.807) is 0 Å². The van der Waals surface area contributed by atoms with Crippen molar-refractivity contribution in [2.24, 2.45) is 0 Å². The summed E-state index contributed by atoms with van der Waals surface area (Å²) >= 11 is 0. The highest BCUT2D eigenvalue weighted by Crippen LogP contribution is 2.14. The zero-order chi connectivity index (χ0) is 10.7. The molecule has 1 fully saturated rings. The van der Waals surface area contributed by atoms with Crippen LogP contribution in [-0.2, 0) is 0 Å². The Balaban J connectivity index is 1.90. The number of nitrogens with zero attached hydrogens (tertiary/aromatic N) is 2. The normalized spacial score (nSPS) is 24.3. The second-order valence-electron chi connectivity index (χ2n) is 4.42. The van der Waals surface area contributed by atoms with Crippen LogP contribution >= 0.6 is 0 Å². The van der Waals surface area contributed by atoms with E-state index < -0.39 is 0 Å². The summed E-state index contributed by atoms with van der Waals surface area (Å²) < 4.78 is 0. The Hall–Kier alpha value is -0.930. The molecule has 0 amide bonds. The van der Waals surface area contributed by atoms with Crippen LogP contribution in [0.5, 0.6) is 0 Å². The molecule has 1 aliphatic heterocycles. The number of rotatable bonds is 3. The molecule has 0 aromatic carbocycles. The molecule has 0 unspecified atom stereocenters.